The van der Waals surface area contributed by atoms with Gasteiger partial charge in [-0.05, 0) is 20.3 Å². The van der Waals surface area contributed by atoms with Crippen molar-refractivity contribution < 1.29 is 4.79 Å². The van der Waals surface area contributed by atoms with Gasteiger partial charge in [-0.2, -0.15) is 0 Å². The fourth-order valence-corrected chi connectivity index (χ4v) is 0.789. The number of hydrogen-bond donors (Lipinski definition) is 1. The van der Waals surface area contributed by atoms with Crippen molar-refractivity contribution in [3.8, 4) is 0 Å². The molecule has 58 valence electrons. The topological polar surface area (TPSA) is 29.1 Å². The third-order valence-electron chi connectivity index (χ3n) is 1.32. The summed E-state index contributed by atoms with van der Waals surface area (Å²) >= 11 is 0. The zero-order chi connectivity index (χ0) is 8.15. The van der Waals surface area contributed by atoms with Gasteiger partial charge in [-0.15, -0.1) is 0 Å². The molecule has 0 unspecified atom stereocenters. The van der Waals surface area contributed by atoms with E-state index in [2.05, 4.69) is 11.9 Å². The Morgan fingerprint density at radius 2 is 2.10 bits per heavy atom. The largest absolute Gasteiger partial charge is 0.379 e. The van der Waals surface area contributed by atoms with Gasteiger partial charge in [0.2, 0.25) is 0 Å². The van der Waals surface area contributed by atoms with Crippen LogP contribution in [-0.2, 0) is 4.79 Å². The van der Waals surface area contributed by atoms with Crippen LogP contribution in [0.1, 0.15) is 27.2 Å². The van der Waals surface area contributed by atoms with Crippen LogP contribution < -0.4 is 5.32 Å². The zero-order valence-electron chi connectivity index (χ0n) is 6.90. The van der Waals surface area contributed by atoms with Crippen LogP contribution >= 0.6 is 0 Å². The van der Waals surface area contributed by atoms with E-state index in [0.717, 1.165) is 12.1 Å². The molecule has 0 rings (SSSR count). The minimum atomic E-state index is -0.0440. The molecule has 0 fully saturated rings. The van der Waals surface area contributed by atoms with Crippen molar-refractivity contribution in [3.05, 3.63) is 12.3 Å². The summed E-state index contributed by atoms with van der Waals surface area (Å²) in [6, 6.07) is -0.0440. The van der Waals surface area contributed by atoms with E-state index in [9.17, 15) is 4.79 Å². The molecule has 2 nitrogen and oxygen atoms in total. The van der Waals surface area contributed by atoms with E-state index in [4.69, 9.17) is 0 Å². The summed E-state index contributed by atoms with van der Waals surface area (Å²) in [4.78, 5) is 10.8. The van der Waals surface area contributed by atoms with Crippen LogP contribution in [0.5, 0.6) is 0 Å². The molecule has 0 spiro atoms. The third-order valence-corrected chi connectivity index (χ3v) is 1.32. The second-order valence-corrected chi connectivity index (χ2v) is 2.50. The van der Waals surface area contributed by atoms with Gasteiger partial charge < -0.3 is 5.32 Å². The number of Topliss-reactive ketones (excluding diaryl/α,β-unsaturated/α-hetero) is 1. The lowest BCUT2D eigenvalue weighted by Crippen LogP contribution is -2.32. The zero-order valence-corrected chi connectivity index (χ0v) is 6.90. The summed E-state index contributed by atoms with van der Waals surface area (Å²) in [5.41, 5.74) is 0.849. The lowest BCUT2D eigenvalue weighted by molar-refractivity contribution is -0.118. The van der Waals surface area contributed by atoms with Gasteiger partial charge in [0.25, 0.3) is 0 Å². The summed E-state index contributed by atoms with van der Waals surface area (Å²) < 4.78 is 0. The van der Waals surface area contributed by atoms with Gasteiger partial charge in [-0.3, -0.25) is 4.79 Å². The summed E-state index contributed by atoms with van der Waals surface area (Å²) in [5.74, 6) is 0.172. The summed E-state index contributed by atoms with van der Waals surface area (Å²) in [6.45, 7) is 9.08. The Balaban J connectivity index is 3.83. The van der Waals surface area contributed by atoms with E-state index >= 15 is 0 Å². The molecule has 1 N–H and O–H groups in total. The Hall–Kier alpha value is -0.790. The van der Waals surface area contributed by atoms with E-state index in [0.29, 0.717) is 0 Å². The van der Waals surface area contributed by atoms with Gasteiger partial charge in [0.15, 0.2) is 5.78 Å². The number of nitrogens with one attached hydrogen (secondary N) is 1. The highest BCUT2D eigenvalue weighted by Crippen LogP contribution is 1.94. The van der Waals surface area contributed by atoms with Crippen molar-refractivity contribution in [2.24, 2.45) is 0 Å². The number of ketones is 1. The fourth-order valence-electron chi connectivity index (χ4n) is 0.789. The Labute approximate surface area is 62.3 Å². The Kier molecular flexibility index (Phi) is 3.77. The van der Waals surface area contributed by atoms with Crippen molar-refractivity contribution in [1.82, 2.24) is 5.32 Å². The maximum absolute atomic E-state index is 10.8. The van der Waals surface area contributed by atoms with Crippen LogP contribution in [0, 0.1) is 0 Å². The molecular formula is C8H15NO. The average molecular weight is 141 g/mol. The molecule has 0 radical (unpaired) electrons. The van der Waals surface area contributed by atoms with E-state index in [1.165, 1.54) is 0 Å². The Bertz CT molecular complexity index is 140. The quantitative estimate of drug-likeness (QED) is 0.642. The van der Waals surface area contributed by atoms with Crippen LogP contribution in [0.2, 0.25) is 0 Å². The normalized spacial score (nSPS) is 12.3. The van der Waals surface area contributed by atoms with E-state index in [-0.39, 0.29) is 11.8 Å². The van der Waals surface area contributed by atoms with Gasteiger partial charge in [0.1, 0.15) is 0 Å². The van der Waals surface area contributed by atoms with Crippen molar-refractivity contribution in [1.29, 1.82) is 0 Å². The number of rotatable bonds is 4. The predicted molar refractivity (Wildman–Crippen MR) is 42.7 cm³/mol. The molecule has 0 aromatic heterocycles. The van der Waals surface area contributed by atoms with Gasteiger partial charge in [0, 0.05) is 5.70 Å². The molecule has 0 aliphatic heterocycles. The molecule has 0 heterocycles. The van der Waals surface area contributed by atoms with Gasteiger partial charge in [-0.1, -0.05) is 13.5 Å². The highest BCUT2D eigenvalue weighted by molar-refractivity contribution is 5.81. The number of carbonyl (C=O) groups excluding carboxylic acids is 1. The second kappa shape index (κ2) is 4.09. The molecule has 2 heteroatoms. The first-order chi connectivity index (χ1) is 4.57. The maximum Gasteiger partial charge on any atom is 0.151 e. The van der Waals surface area contributed by atoms with E-state index in [1.807, 2.05) is 13.8 Å². The van der Waals surface area contributed by atoms with Crippen LogP contribution in [-0.4, -0.2) is 11.8 Å². The summed E-state index contributed by atoms with van der Waals surface area (Å²) in [6.07, 6.45) is 0.822. The monoisotopic (exact) mass is 141 g/mol. The molecule has 0 saturated carbocycles. The minimum absolute atomic E-state index is 0.0440. The lowest BCUT2D eigenvalue weighted by Gasteiger charge is -2.13. The predicted octanol–water partition coefficient (Wildman–Crippen LogP) is 1.48. The number of hydrogen-bond acceptors (Lipinski definition) is 2. The second-order valence-electron chi connectivity index (χ2n) is 2.50. The molecule has 0 aliphatic carbocycles. The van der Waals surface area contributed by atoms with Crippen molar-refractivity contribution in [3.63, 3.8) is 0 Å². The van der Waals surface area contributed by atoms with Crippen molar-refractivity contribution in [2.75, 3.05) is 0 Å². The maximum atomic E-state index is 10.8. The van der Waals surface area contributed by atoms with Gasteiger partial charge >= 0.3 is 0 Å². The minimum Gasteiger partial charge on any atom is -0.379 e. The van der Waals surface area contributed by atoms with Crippen molar-refractivity contribution >= 4 is 5.78 Å². The first-order valence-electron chi connectivity index (χ1n) is 3.50. The molecule has 0 aliphatic rings. The molecule has 0 aromatic rings. The molecule has 0 saturated heterocycles. The lowest BCUT2D eigenvalue weighted by atomic mass is 10.1. The first-order valence-corrected chi connectivity index (χ1v) is 3.50. The third kappa shape index (κ3) is 3.28. The summed E-state index contributed by atoms with van der Waals surface area (Å²) in [7, 11) is 0. The van der Waals surface area contributed by atoms with E-state index in [1.54, 1.807) is 6.92 Å². The summed E-state index contributed by atoms with van der Waals surface area (Å²) in [5, 5.41) is 2.98. The van der Waals surface area contributed by atoms with Crippen molar-refractivity contribution in [2.45, 2.75) is 33.2 Å². The standard InChI is InChI=1S/C8H15NO/c1-5-8(7(4)10)9-6(2)3/h8-9H,2,5H2,1,3-4H3/t8-/m0/s1. The van der Waals surface area contributed by atoms with Gasteiger partial charge in [0.05, 0.1) is 6.04 Å². The Morgan fingerprint density at radius 1 is 1.60 bits per heavy atom. The smallest absolute Gasteiger partial charge is 0.151 e. The molecule has 0 amide bonds. The average Bonchev–Trinajstić information content (AvgIpc) is 1.81. The van der Waals surface area contributed by atoms with Crippen LogP contribution in [0.25, 0.3) is 0 Å². The molecule has 1 atom stereocenters. The van der Waals surface area contributed by atoms with E-state index < -0.39 is 0 Å². The van der Waals surface area contributed by atoms with Crippen LogP contribution in [0.4, 0.5) is 0 Å². The fraction of sp³-hybridized carbons (Fsp3) is 0.625. The number of carbonyl (C=O) groups is 1. The molecule has 0 bridgehead atoms. The van der Waals surface area contributed by atoms with Crippen LogP contribution in [0.3, 0.4) is 0 Å². The Morgan fingerprint density at radius 3 is 2.20 bits per heavy atom. The number of allylic oxidation sites excluding steroid dienone is 1. The highest BCUT2D eigenvalue weighted by atomic mass is 16.1. The van der Waals surface area contributed by atoms with Crippen LogP contribution in [0.15, 0.2) is 12.3 Å². The SMILES string of the molecule is C=C(C)N[C@@H](CC)C(C)=O. The molecule has 10 heavy (non-hydrogen) atoms. The molecule has 0 aromatic carbocycles. The van der Waals surface area contributed by atoms with Gasteiger partial charge in [-0.25, -0.2) is 0 Å². The highest BCUT2D eigenvalue weighted by Gasteiger charge is 2.08. The molecular weight excluding hydrogens is 126 g/mol. The first kappa shape index (κ1) is 9.21.